The summed E-state index contributed by atoms with van der Waals surface area (Å²) in [4.78, 5) is 24.3. The van der Waals surface area contributed by atoms with Crippen molar-refractivity contribution in [3.8, 4) is 0 Å². The first-order valence-electron chi connectivity index (χ1n) is 5.41. The number of carbonyl (C=O) groups excluding carboxylic acids is 2. The molecule has 0 saturated carbocycles. The van der Waals surface area contributed by atoms with Crippen molar-refractivity contribution in [1.82, 2.24) is 5.32 Å². The van der Waals surface area contributed by atoms with Crippen LogP contribution in [0.25, 0.3) is 0 Å². The van der Waals surface area contributed by atoms with E-state index in [2.05, 4.69) is 5.32 Å². The van der Waals surface area contributed by atoms with Gasteiger partial charge in [-0.1, -0.05) is 0 Å². The molecule has 0 radical (unpaired) electrons. The number of rotatable bonds is 2. The molecule has 3 rings (SSSR count). The molecule has 2 bridgehead atoms. The van der Waals surface area contributed by atoms with E-state index in [1.807, 2.05) is 17.0 Å². The summed E-state index contributed by atoms with van der Waals surface area (Å²) in [6.07, 6.45) is 1.71. The molecule has 1 aromatic carbocycles. The van der Waals surface area contributed by atoms with Gasteiger partial charge in [-0.25, -0.2) is 0 Å². The maximum absolute atomic E-state index is 11.9. The van der Waals surface area contributed by atoms with Gasteiger partial charge in [0.2, 0.25) is 5.91 Å². The average Bonchev–Trinajstić information content (AvgIpc) is 2.90. The number of nitrogens with one attached hydrogen (secondary N) is 1. The van der Waals surface area contributed by atoms with E-state index in [0.29, 0.717) is 5.56 Å². The van der Waals surface area contributed by atoms with E-state index in [0.717, 1.165) is 24.9 Å². The van der Waals surface area contributed by atoms with Crippen LogP contribution >= 0.6 is 0 Å². The number of amides is 1. The van der Waals surface area contributed by atoms with Gasteiger partial charge in [-0.05, 0) is 30.7 Å². The van der Waals surface area contributed by atoms with Gasteiger partial charge in [0, 0.05) is 17.8 Å². The van der Waals surface area contributed by atoms with Crippen molar-refractivity contribution in [2.75, 3.05) is 11.4 Å². The average molecular weight is 216 g/mol. The van der Waals surface area contributed by atoms with Crippen molar-refractivity contribution in [2.24, 2.45) is 0 Å². The fourth-order valence-corrected chi connectivity index (χ4v) is 2.50. The maximum atomic E-state index is 11.9. The van der Waals surface area contributed by atoms with Gasteiger partial charge in [0.15, 0.2) is 0 Å². The van der Waals surface area contributed by atoms with Gasteiger partial charge >= 0.3 is 0 Å². The van der Waals surface area contributed by atoms with E-state index >= 15 is 0 Å². The molecule has 1 amide bonds. The zero-order valence-corrected chi connectivity index (χ0v) is 8.72. The number of hydrogen-bond donors (Lipinski definition) is 1. The number of piperazine rings is 1. The molecule has 1 N–H and O–H groups in total. The Labute approximate surface area is 93.2 Å². The molecule has 4 heteroatoms. The van der Waals surface area contributed by atoms with Crippen LogP contribution in [-0.2, 0) is 4.79 Å². The Balaban J connectivity index is 1.92. The quantitative estimate of drug-likeness (QED) is 0.735. The minimum absolute atomic E-state index is 0.00394. The summed E-state index contributed by atoms with van der Waals surface area (Å²) in [5, 5.41) is 3.18. The molecule has 2 fully saturated rings. The Bertz CT molecular complexity index is 441. The van der Waals surface area contributed by atoms with Crippen molar-refractivity contribution >= 4 is 17.9 Å². The third kappa shape index (κ3) is 1.27. The van der Waals surface area contributed by atoms with Crippen molar-refractivity contribution in [3.05, 3.63) is 29.8 Å². The summed E-state index contributed by atoms with van der Waals surface area (Å²) in [7, 11) is 0. The van der Waals surface area contributed by atoms with Gasteiger partial charge in [-0.3, -0.25) is 9.59 Å². The van der Waals surface area contributed by atoms with Crippen LogP contribution in [0, 0.1) is 0 Å². The third-order valence-electron chi connectivity index (χ3n) is 3.32. The molecule has 0 aromatic heterocycles. The second-order valence-corrected chi connectivity index (χ2v) is 4.27. The minimum Gasteiger partial charge on any atom is -0.307 e. The highest BCUT2D eigenvalue weighted by molar-refractivity contribution is 6.01. The van der Waals surface area contributed by atoms with Crippen molar-refractivity contribution in [1.29, 1.82) is 0 Å². The summed E-state index contributed by atoms with van der Waals surface area (Å²) >= 11 is 0. The molecule has 1 aromatic rings. The summed E-state index contributed by atoms with van der Waals surface area (Å²) in [5.41, 5.74) is 1.53. The summed E-state index contributed by atoms with van der Waals surface area (Å²) < 4.78 is 0. The predicted molar refractivity (Wildman–Crippen MR) is 59.5 cm³/mol. The molecule has 2 saturated heterocycles. The number of aldehydes is 1. The Kier molecular flexibility index (Phi) is 2.04. The lowest BCUT2D eigenvalue weighted by molar-refractivity contribution is -0.119. The van der Waals surface area contributed by atoms with Crippen molar-refractivity contribution < 1.29 is 9.59 Å². The van der Waals surface area contributed by atoms with Crippen molar-refractivity contribution in [2.45, 2.75) is 18.5 Å². The fourth-order valence-electron chi connectivity index (χ4n) is 2.50. The van der Waals surface area contributed by atoms with Crippen LogP contribution in [-0.4, -0.2) is 30.8 Å². The molecule has 2 unspecified atom stereocenters. The van der Waals surface area contributed by atoms with Crippen molar-refractivity contribution in [3.63, 3.8) is 0 Å². The standard InChI is InChI=1S/C12H12N2O2/c15-7-8-1-3-9(4-2-8)14-10-5-11(12(14)16)13-6-10/h1-4,7,10-11,13H,5-6H2. The molecular formula is C12H12N2O2. The van der Waals surface area contributed by atoms with Gasteiger partial charge < -0.3 is 10.2 Å². The number of nitrogens with zero attached hydrogens (tertiary/aromatic N) is 1. The fraction of sp³-hybridized carbons (Fsp3) is 0.333. The number of anilines is 1. The number of hydrogen-bond acceptors (Lipinski definition) is 3. The van der Waals surface area contributed by atoms with Crippen LogP contribution in [0.2, 0.25) is 0 Å². The largest absolute Gasteiger partial charge is 0.307 e. The molecule has 2 aliphatic heterocycles. The Morgan fingerprint density at radius 2 is 2.06 bits per heavy atom. The lowest BCUT2D eigenvalue weighted by Crippen LogP contribution is -2.48. The molecule has 2 heterocycles. The zero-order valence-electron chi connectivity index (χ0n) is 8.72. The highest BCUT2D eigenvalue weighted by atomic mass is 16.2. The van der Waals surface area contributed by atoms with Crippen LogP contribution in [0.3, 0.4) is 0 Å². The molecule has 82 valence electrons. The van der Waals surface area contributed by atoms with Gasteiger partial charge in [0.1, 0.15) is 6.29 Å². The van der Waals surface area contributed by atoms with Crippen LogP contribution in [0.4, 0.5) is 5.69 Å². The first-order chi connectivity index (χ1) is 7.79. The molecule has 2 atom stereocenters. The molecule has 0 spiro atoms. The van der Waals surface area contributed by atoms with Crippen LogP contribution < -0.4 is 10.2 Å². The first kappa shape index (κ1) is 9.54. The summed E-state index contributed by atoms with van der Waals surface area (Å²) in [6.45, 7) is 0.867. The smallest absolute Gasteiger partial charge is 0.244 e. The molecule has 0 aliphatic carbocycles. The lowest BCUT2D eigenvalue weighted by Gasteiger charge is -2.27. The molecule has 16 heavy (non-hydrogen) atoms. The van der Waals surface area contributed by atoms with Gasteiger partial charge in [0.05, 0.1) is 12.1 Å². The summed E-state index contributed by atoms with van der Waals surface area (Å²) in [5.74, 6) is 0.148. The third-order valence-corrected chi connectivity index (χ3v) is 3.32. The monoisotopic (exact) mass is 216 g/mol. The minimum atomic E-state index is -0.00394. The first-order valence-corrected chi connectivity index (χ1v) is 5.41. The molecule has 4 nitrogen and oxygen atoms in total. The zero-order chi connectivity index (χ0) is 11.1. The topological polar surface area (TPSA) is 49.4 Å². The second-order valence-electron chi connectivity index (χ2n) is 4.27. The van der Waals surface area contributed by atoms with E-state index in [4.69, 9.17) is 0 Å². The summed E-state index contributed by atoms with van der Waals surface area (Å²) in [6, 6.07) is 7.43. The van der Waals surface area contributed by atoms with Gasteiger partial charge in [-0.2, -0.15) is 0 Å². The lowest BCUT2D eigenvalue weighted by atomic mass is 10.2. The normalized spacial score (nSPS) is 27.5. The molecular weight excluding hydrogens is 204 g/mol. The van der Waals surface area contributed by atoms with Crippen LogP contribution in [0.15, 0.2) is 24.3 Å². The van der Waals surface area contributed by atoms with Crippen LogP contribution in [0.5, 0.6) is 0 Å². The van der Waals surface area contributed by atoms with E-state index in [9.17, 15) is 9.59 Å². The van der Waals surface area contributed by atoms with Crippen LogP contribution in [0.1, 0.15) is 16.8 Å². The van der Waals surface area contributed by atoms with E-state index in [1.165, 1.54) is 0 Å². The number of benzene rings is 1. The highest BCUT2D eigenvalue weighted by Gasteiger charge is 2.45. The highest BCUT2D eigenvalue weighted by Crippen LogP contribution is 2.30. The predicted octanol–water partition coefficient (Wildman–Crippen LogP) is 0.576. The Morgan fingerprint density at radius 1 is 1.31 bits per heavy atom. The van der Waals surface area contributed by atoms with E-state index in [-0.39, 0.29) is 18.0 Å². The molecule has 2 aliphatic rings. The Hall–Kier alpha value is -1.68. The number of fused-ring (bicyclic) bond motifs is 2. The van der Waals surface area contributed by atoms with E-state index in [1.54, 1.807) is 12.1 Å². The Morgan fingerprint density at radius 3 is 2.62 bits per heavy atom. The van der Waals surface area contributed by atoms with Gasteiger partial charge in [-0.15, -0.1) is 0 Å². The second kappa shape index (κ2) is 3.42. The number of carbonyl (C=O) groups is 2. The maximum Gasteiger partial charge on any atom is 0.244 e. The van der Waals surface area contributed by atoms with E-state index < -0.39 is 0 Å². The van der Waals surface area contributed by atoms with Gasteiger partial charge in [0.25, 0.3) is 0 Å². The SMILES string of the molecule is O=Cc1ccc(N2C(=O)C3CC2CN3)cc1.